The van der Waals surface area contributed by atoms with E-state index >= 15 is 0 Å². The summed E-state index contributed by atoms with van der Waals surface area (Å²) < 4.78 is 6.21. The van der Waals surface area contributed by atoms with Gasteiger partial charge in [-0.3, -0.25) is 0 Å². The lowest BCUT2D eigenvalue weighted by atomic mass is 9.97. The maximum Gasteiger partial charge on any atom is 0.143 e. The van der Waals surface area contributed by atoms with Crippen LogP contribution in [-0.4, -0.2) is 0 Å². The van der Waals surface area contributed by atoms with Crippen molar-refractivity contribution in [1.82, 2.24) is 0 Å². The first-order valence-electron chi connectivity index (χ1n) is 7.88. The van der Waals surface area contributed by atoms with Crippen LogP contribution in [0.3, 0.4) is 0 Å². The minimum Gasteiger partial charge on any atom is -0.455 e. The van der Waals surface area contributed by atoms with Crippen LogP contribution in [0, 0.1) is 13.8 Å². The molecule has 112 valence electrons. The Kier molecular flexibility index (Phi) is 3.27. The number of benzene rings is 3. The fourth-order valence-electron chi connectivity index (χ4n) is 2.96. The third kappa shape index (κ3) is 2.44. The average Bonchev–Trinajstić information content (AvgIpc) is 2.96. The van der Waals surface area contributed by atoms with Gasteiger partial charge in [-0.15, -0.1) is 0 Å². The number of aryl methyl sites for hydroxylation is 2. The van der Waals surface area contributed by atoms with Crippen molar-refractivity contribution < 1.29 is 4.42 Å². The monoisotopic (exact) mass is 298 g/mol. The number of furan rings is 1. The predicted molar refractivity (Wildman–Crippen MR) is 96.6 cm³/mol. The predicted octanol–water partition coefficient (Wildman–Crippen LogP) is 6.38. The van der Waals surface area contributed by atoms with Crippen molar-refractivity contribution in [3.05, 3.63) is 83.9 Å². The van der Waals surface area contributed by atoms with E-state index in [0.29, 0.717) is 0 Å². The van der Waals surface area contributed by atoms with Crippen LogP contribution >= 0.6 is 0 Å². The van der Waals surface area contributed by atoms with Crippen molar-refractivity contribution in [2.24, 2.45) is 0 Å². The van der Waals surface area contributed by atoms with Gasteiger partial charge in [-0.05, 0) is 25.5 Å². The molecule has 0 aliphatic rings. The van der Waals surface area contributed by atoms with E-state index in [9.17, 15) is 0 Å². The number of hydrogen-bond donors (Lipinski definition) is 0. The molecule has 0 spiro atoms. The normalized spacial score (nSPS) is 11.0. The Morgan fingerprint density at radius 1 is 0.609 bits per heavy atom. The first-order chi connectivity index (χ1) is 11.2. The Balaban J connectivity index is 2.01. The van der Waals surface area contributed by atoms with Crippen molar-refractivity contribution in [3.63, 3.8) is 0 Å². The van der Waals surface area contributed by atoms with Crippen LogP contribution in [-0.2, 0) is 0 Å². The summed E-state index contributed by atoms with van der Waals surface area (Å²) in [4.78, 5) is 0. The van der Waals surface area contributed by atoms with E-state index < -0.39 is 0 Å². The van der Waals surface area contributed by atoms with Crippen molar-refractivity contribution in [2.75, 3.05) is 0 Å². The van der Waals surface area contributed by atoms with Gasteiger partial charge in [-0.2, -0.15) is 0 Å². The summed E-state index contributed by atoms with van der Waals surface area (Å²) in [5.74, 6) is 0.940. The van der Waals surface area contributed by atoms with Crippen LogP contribution in [0.5, 0.6) is 0 Å². The van der Waals surface area contributed by atoms with Crippen LogP contribution in [0.4, 0.5) is 0 Å². The molecule has 0 radical (unpaired) electrons. The third-order valence-electron chi connectivity index (χ3n) is 4.25. The highest BCUT2D eigenvalue weighted by Gasteiger charge is 2.17. The van der Waals surface area contributed by atoms with Gasteiger partial charge in [0.15, 0.2) is 0 Å². The lowest BCUT2D eigenvalue weighted by molar-refractivity contribution is 0.632. The topological polar surface area (TPSA) is 13.1 Å². The molecule has 1 aromatic heterocycles. The van der Waals surface area contributed by atoms with Gasteiger partial charge < -0.3 is 4.42 Å². The van der Waals surface area contributed by atoms with Crippen molar-refractivity contribution in [3.8, 4) is 22.5 Å². The highest BCUT2D eigenvalue weighted by atomic mass is 16.3. The van der Waals surface area contributed by atoms with Gasteiger partial charge >= 0.3 is 0 Å². The molecule has 1 heterocycles. The van der Waals surface area contributed by atoms with Crippen LogP contribution in [0.25, 0.3) is 33.4 Å². The number of hydrogen-bond acceptors (Lipinski definition) is 1. The SMILES string of the molecule is Cc1ccc(-c2oc3ccccc3c2-c2ccc(C)cc2)cc1. The summed E-state index contributed by atoms with van der Waals surface area (Å²) in [6, 6.07) is 25.4. The van der Waals surface area contributed by atoms with Crippen LogP contribution < -0.4 is 0 Å². The van der Waals surface area contributed by atoms with E-state index in [-0.39, 0.29) is 0 Å². The second-order valence-corrected chi connectivity index (χ2v) is 6.03. The Morgan fingerprint density at radius 3 is 1.83 bits per heavy atom. The van der Waals surface area contributed by atoms with Crippen molar-refractivity contribution in [2.45, 2.75) is 13.8 Å². The fourth-order valence-corrected chi connectivity index (χ4v) is 2.96. The lowest BCUT2D eigenvalue weighted by Crippen LogP contribution is -1.82. The Morgan fingerprint density at radius 2 is 1.17 bits per heavy atom. The first-order valence-corrected chi connectivity index (χ1v) is 7.88. The Labute approximate surface area is 136 Å². The first kappa shape index (κ1) is 13.8. The van der Waals surface area contributed by atoms with Crippen LogP contribution in [0.1, 0.15) is 11.1 Å². The molecule has 1 nitrogen and oxygen atoms in total. The number of para-hydroxylation sites is 1. The molecule has 0 bridgehead atoms. The average molecular weight is 298 g/mol. The van der Waals surface area contributed by atoms with Gasteiger partial charge in [0.2, 0.25) is 0 Å². The van der Waals surface area contributed by atoms with Gasteiger partial charge in [0.1, 0.15) is 11.3 Å². The van der Waals surface area contributed by atoms with Gasteiger partial charge in [0, 0.05) is 16.5 Å². The van der Waals surface area contributed by atoms with E-state index in [2.05, 4.69) is 74.5 Å². The highest BCUT2D eigenvalue weighted by Crippen LogP contribution is 2.40. The maximum absolute atomic E-state index is 6.21. The molecule has 0 aliphatic heterocycles. The molecule has 0 fully saturated rings. The Bertz CT molecular complexity index is 957. The zero-order valence-corrected chi connectivity index (χ0v) is 13.3. The molecule has 1 heteroatoms. The summed E-state index contributed by atoms with van der Waals surface area (Å²) in [5.41, 5.74) is 6.92. The summed E-state index contributed by atoms with van der Waals surface area (Å²) in [6.45, 7) is 4.21. The van der Waals surface area contributed by atoms with E-state index in [0.717, 1.165) is 22.3 Å². The fraction of sp³-hybridized carbons (Fsp3) is 0.0909. The molecule has 23 heavy (non-hydrogen) atoms. The van der Waals surface area contributed by atoms with E-state index in [1.54, 1.807) is 0 Å². The van der Waals surface area contributed by atoms with Crippen molar-refractivity contribution in [1.29, 1.82) is 0 Å². The highest BCUT2D eigenvalue weighted by molar-refractivity contribution is 6.01. The molecule has 0 atom stereocenters. The molecule has 0 saturated heterocycles. The molecule has 0 aliphatic carbocycles. The number of fused-ring (bicyclic) bond motifs is 1. The molecule has 0 unspecified atom stereocenters. The molecular weight excluding hydrogens is 280 g/mol. The van der Waals surface area contributed by atoms with Gasteiger partial charge in [-0.25, -0.2) is 0 Å². The quantitative estimate of drug-likeness (QED) is 0.418. The molecule has 3 aromatic carbocycles. The summed E-state index contributed by atoms with van der Waals surface area (Å²) >= 11 is 0. The maximum atomic E-state index is 6.21. The molecular formula is C22H18O. The zero-order valence-electron chi connectivity index (χ0n) is 13.3. The summed E-state index contributed by atoms with van der Waals surface area (Å²) in [7, 11) is 0. The lowest BCUT2D eigenvalue weighted by Gasteiger charge is -2.05. The zero-order chi connectivity index (χ0) is 15.8. The van der Waals surface area contributed by atoms with Gasteiger partial charge in [-0.1, -0.05) is 77.9 Å². The third-order valence-corrected chi connectivity index (χ3v) is 4.25. The second kappa shape index (κ2) is 5.44. The minimum absolute atomic E-state index is 0.929. The smallest absolute Gasteiger partial charge is 0.143 e. The molecule has 0 saturated carbocycles. The van der Waals surface area contributed by atoms with Gasteiger partial charge in [0.05, 0.1) is 0 Å². The molecule has 4 aromatic rings. The van der Waals surface area contributed by atoms with E-state index in [1.807, 2.05) is 12.1 Å². The summed E-state index contributed by atoms with van der Waals surface area (Å²) in [5, 5.41) is 1.16. The minimum atomic E-state index is 0.929. The van der Waals surface area contributed by atoms with Crippen LogP contribution in [0.2, 0.25) is 0 Å². The van der Waals surface area contributed by atoms with Gasteiger partial charge in [0.25, 0.3) is 0 Å². The van der Waals surface area contributed by atoms with Crippen molar-refractivity contribution >= 4 is 11.0 Å². The standard InChI is InChI=1S/C22H18O/c1-15-7-11-17(12-8-15)21-19-5-3-4-6-20(19)23-22(21)18-13-9-16(2)10-14-18/h3-14H,1-2H3. The van der Waals surface area contributed by atoms with E-state index in [1.165, 1.54) is 22.3 Å². The largest absolute Gasteiger partial charge is 0.455 e. The van der Waals surface area contributed by atoms with E-state index in [4.69, 9.17) is 4.42 Å². The molecule has 0 amide bonds. The molecule has 4 rings (SSSR count). The Hall–Kier alpha value is -2.80. The van der Waals surface area contributed by atoms with Crippen LogP contribution in [0.15, 0.2) is 77.2 Å². The molecule has 0 N–H and O–H groups in total. The number of rotatable bonds is 2. The summed E-state index contributed by atoms with van der Waals surface area (Å²) in [6.07, 6.45) is 0. The second-order valence-electron chi connectivity index (χ2n) is 6.03.